The Balaban J connectivity index is 1.86. The van der Waals surface area contributed by atoms with Crippen LogP contribution < -0.4 is 5.01 Å². The van der Waals surface area contributed by atoms with E-state index in [-0.39, 0.29) is 17.8 Å². The van der Waals surface area contributed by atoms with Crippen molar-refractivity contribution in [2.75, 3.05) is 5.01 Å². The third-order valence-corrected chi connectivity index (χ3v) is 2.60. The maximum atomic E-state index is 4.24. The van der Waals surface area contributed by atoms with E-state index in [1.54, 1.807) is 13.1 Å². The van der Waals surface area contributed by atoms with Gasteiger partial charge in [-0.1, -0.05) is 11.0 Å². The Morgan fingerprint density at radius 3 is 1.96 bits per heavy atom. The van der Waals surface area contributed by atoms with Gasteiger partial charge in [-0.3, -0.25) is 0 Å². The lowest BCUT2D eigenvalue weighted by Crippen LogP contribution is -2.17. The summed E-state index contributed by atoms with van der Waals surface area (Å²) in [5.41, 5.74) is 3.54. The molecule has 0 aromatic carbocycles. The topological polar surface area (TPSA) is 154 Å². The Morgan fingerprint density at radius 1 is 0.870 bits per heavy atom. The predicted molar refractivity (Wildman–Crippen MR) is 69.9 cm³/mol. The first-order valence-corrected chi connectivity index (χ1v) is 6.17. The molecule has 0 bridgehead atoms. The third-order valence-electron chi connectivity index (χ3n) is 2.60. The summed E-state index contributed by atoms with van der Waals surface area (Å²) in [5, 5.41) is 30.9. The van der Waals surface area contributed by atoms with Gasteiger partial charge in [-0.15, -0.1) is 15.3 Å². The minimum Gasteiger partial charge on any atom is -0.179 e. The fourth-order valence-corrected chi connectivity index (χ4v) is 1.58. The zero-order valence-electron chi connectivity index (χ0n) is 11.5. The second-order valence-corrected chi connectivity index (χ2v) is 4.14. The lowest BCUT2D eigenvalue weighted by atomic mass is 10.5. The van der Waals surface area contributed by atoms with Crippen LogP contribution in [-0.2, 0) is 0 Å². The first-order valence-electron chi connectivity index (χ1n) is 6.17. The van der Waals surface area contributed by atoms with Crippen LogP contribution in [0.5, 0.6) is 0 Å². The zero-order valence-corrected chi connectivity index (χ0v) is 11.5. The zero-order chi connectivity index (χ0) is 15.6. The second-order valence-electron chi connectivity index (χ2n) is 4.14. The highest BCUT2D eigenvalue weighted by Crippen LogP contribution is 2.15. The van der Waals surface area contributed by atoms with Gasteiger partial charge in [-0.2, -0.15) is 29.3 Å². The largest absolute Gasteiger partial charge is 0.260 e. The number of hydrogen-bond donors (Lipinski definition) is 0. The molecule has 0 radical (unpaired) electrons. The van der Waals surface area contributed by atoms with E-state index in [9.17, 15) is 0 Å². The highest BCUT2D eigenvalue weighted by Gasteiger charge is 2.16. The maximum Gasteiger partial charge on any atom is 0.260 e. The van der Waals surface area contributed by atoms with Gasteiger partial charge in [0.1, 0.15) is 18.4 Å². The van der Waals surface area contributed by atoms with Crippen molar-refractivity contribution in [3.05, 3.63) is 30.3 Å². The molecule has 0 aliphatic carbocycles. The van der Waals surface area contributed by atoms with Crippen LogP contribution in [0.2, 0.25) is 0 Å². The molecule has 0 fully saturated rings. The van der Waals surface area contributed by atoms with Gasteiger partial charge in [0.2, 0.25) is 0 Å². The molecule has 0 spiro atoms. The lowest BCUT2D eigenvalue weighted by Gasteiger charge is -2.12. The molecular formula is C9H6N14. The van der Waals surface area contributed by atoms with Gasteiger partial charge in [-0.05, 0) is 27.8 Å². The molecule has 4 heterocycles. The van der Waals surface area contributed by atoms with Gasteiger partial charge in [0.15, 0.2) is 0 Å². The summed E-state index contributed by atoms with van der Waals surface area (Å²) in [5.74, 6) is 0.514. The van der Waals surface area contributed by atoms with Crippen LogP contribution in [0.1, 0.15) is 6.92 Å². The van der Waals surface area contributed by atoms with Crippen LogP contribution in [0.15, 0.2) is 40.6 Å². The molecule has 112 valence electrons. The summed E-state index contributed by atoms with van der Waals surface area (Å²) in [6.07, 6.45) is 4.24. The summed E-state index contributed by atoms with van der Waals surface area (Å²) < 4.78 is 2.54. The highest BCUT2D eigenvalue weighted by molar-refractivity contribution is 5.38. The minimum absolute atomic E-state index is 0.167. The first-order chi connectivity index (χ1) is 11.3. The number of allylic oxidation sites excluding steroid dienone is 1. The average Bonchev–Trinajstić information content (AvgIpc) is 3.29. The smallest absolute Gasteiger partial charge is 0.179 e. The summed E-state index contributed by atoms with van der Waals surface area (Å²) >= 11 is 0. The molecule has 0 saturated carbocycles. The molecule has 23 heavy (non-hydrogen) atoms. The molecule has 0 atom stereocenters. The highest BCUT2D eigenvalue weighted by atomic mass is 15.6. The molecule has 3 aromatic rings. The van der Waals surface area contributed by atoms with Crippen molar-refractivity contribution in [1.82, 2.24) is 55.4 Å². The quantitative estimate of drug-likeness (QED) is 0.551. The number of anilines is 1. The predicted octanol–water partition coefficient (Wildman–Crippen LogP) is -0.973. The molecule has 0 unspecified atom stereocenters. The normalized spacial score (nSPS) is 13.4. The number of rotatable bonds is 3. The fraction of sp³-hybridized carbons (Fsp3) is 0.111. The first kappa shape index (κ1) is 12.8. The van der Waals surface area contributed by atoms with Crippen LogP contribution in [0.25, 0.3) is 11.9 Å². The van der Waals surface area contributed by atoms with Crippen LogP contribution >= 0.6 is 0 Å². The van der Waals surface area contributed by atoms with E-state index in [1.165, 1.54) is 27.0 Å². The monoisotopic (exact) mass is 310 g/mol. The molecule has 1 aliphatic rings. The molecule has 0 N–H and O–H groups in total. The molecule has 3 aromatic heterocycles. The summed E-state index contributed by atoms with van der Waals surface area (Å²) in [4.78, 5) is 12.7. The van der Waals surface area contributed by atoms with Crippen LogP contribution in [0, 0.1) is 0 Å². The SMILES string of the molecule is CC1=C=CN(c2nc(-n3cnnn3)nc(-n3cnnn3)n2)N=N1. The minimum atomic E-state index is 0.167. The van der Waals surface area contributed by atoms with Gasteiger partial charge in [0, 0.05) is 0 Å². The molecule has 14 heteroatoms. The van der Waals surface area contributed by atoms with E-state index >= 15 is 0 Å². The molecule has 14 nitrogen and oxygen atoms in total. The van der Waals surface area contributed by atoms with Gasteiger partial charge in [0.05, 0.1) is 6.20 Å². The van der Waals surface area contributed by atoms with E-state index in [1.807, 2.05) is 0 Å². The van der Waals surface area contributed by atoms with E-state index in [2.05, 4.69) is 62.1 Å². The summed E-state index contributed by atoms with van der Waals surface area (Å²) in [7, 11) is 0. The Morgan fingerprint density at radius 2 is 1.48 bits per heavy atom. The number of hydrogen-bond acceptors (Lipinski definition) is 12. The number of nitrogens with zero attached hydrogens (tertiary/aromatic N) is 14. The van der Waals surface area contributed by atoms with Gasteiger partial charge >= 0.3 is 0 Å². The van der Waals surface area contributed by atoms with E-state index in [0.29, 0.717) is 5.70 Å². The fourth-order valence-electron chi connectivity index (χ4n) is 1.58. The second kappa shape index (κ2) is 5.12. The van der Waals surface area contributed by atoms with Crippen LogP contribution in [0.3, 0.4) is 0 Å². The van der Waals surface area contributed by atoms with Crippen molar-refractivity contribution in [3.63, 3.8) is 0 Å². The molecule has 4 rings (SSSR count). The Hall–Kier alpha value is -3.93. The van der Waals surface area contributed by atoms with Crippen molar-refractivity contribution < 1.29 is 0 Å². The molecule has 1 aliphatic heterocycles. The lowest BCUT2D eigenvalue weighted by molar-refractivity contribution is 0.695. The van der Waals surface area contributed by atoms with E-state index in [0.717, 1.165) is 0 Å². The van der Waals surface area contributed by atoms with Gasteiger partial charge in [0.25, 0.3) is 17.8 Å². The Bertz CT molecular complexity index is 863. The van der Waals surface area contributed by atoms with E-state index in [4.69, 9.17) is 0 Å². The third kappa shape index (κ3) is 2.40. The molecular weight excluding hydrogens is 304 g/mol. The molecule has 0 saturated heterocycles. The number of aromatic nitrogens is 11. The standard InChI is InChI=1S/C9H6N14/c1-6-2-3-21(18-15-6)7-12-8(22-4-10-16-19-22)14-9(13-7)23-5-11-17-20-23/h3-5H,1H3. The summed E-state index contributed by atoms with van der Waals surface area (Å²) in [6.45, 7) is 1.77. The van der Waals surface area contributed by atoms with E-state index < -0.39 is 0 Å². The van der Waals surface area contributed by atoms with Crippen molar-refractivity contribution in [2.45, 2.75) is 6.92 Å². The summed E-state index contributed by atoms with van der Waals surface area (Å²) in [6, 6.07) is 0. The van der Waals surface area contributed by atoms with Gasteiger partial charge in [-0.25, -0.2) is 0 Å². The maximum absolute atomic E-state index is 4.24. The Kier molecular flexibility index (Phi) is 2.85. The van der Waals surface area contributed by atoms with Crippen molar-refractivity contribution in [1.29, 1.82) is 0 Å². The molecule has 0 amide bonds. The number of tetrazole rings is 2. The van der Waals surface area contributed by atoms with Crippen molar-refractivity contribution in [2.24, 2.45) is 10.3 Å². The van der Waals surface area contributed by atoms with Crippen LogP contribution in [-0.4, -0.2) is 55.4 Å². The van der Waals surface area contributed by atoms with Crippen molar-refractivity contribution >= 4 is 5.95 Å². The average molecular weight is 310 g/mol. The van der Waals surface area contributed by atoms with Gasteiger partial charge < -0.3 is 0 Å². The van der Waals surface area contributed by atoms with Crippen molar-refractivity contribution in [3.8, 4) is 11.9 Å². The van der Waals surface area contributed by atoms with Crippen LogP contribution in [0.4, 0.5) is 5.95 Å². The Labute approximate surface area is 126 Å².